The maximum Gasteiger partial charge on any atom is 0.323 e. The molecule has 46 heavy (non-hydrogen) atoms. The highest BCUT2D eigenvalue weighted by Gasteiger charge is 2.39. The van der Waals surface area contributed by atoms with E-state index < -0.39 is 0 Å². The molecular weight excluding hydrogens is 586 g/mol. The number of aromatic nitrogens is 3. The van der Waals surface area contributed by atoms with E-state index in [1.807, 2.05) is 29.2 Å². The van der Waals surface area contributed by atoms with Crippen LogP contribution in [0.15, 0.2) is 48.5 Å². The Morgan fingerprint density at radius 1 is 0.761 bits per heavy atom. The number of hydrogen-bond donors (Lipinski definition) is 2. The minimum atomic E-state index is -0.375. The highest BCUT2D eigenvalue weighted by atomic mass is 16.5. The van der Waals surface area contributed by atoms with Crippen LogP contribution in [0.5, 0.6) is 0 Å². The predicted octanol–water partition coefficient (Wildman–Crippen LogP) is 3.16. The summed E-state index contributed by atoms with van der Waals surface area (Å²) < 4.78 is 11.5. The van der Waals surface area contributed by atoms with Gasteiger partial charge in [-0.05, 0) is 75.3 Å². The van der Waals surface area contributed by atoms with Crippen LogP contribution < -0.4 is 20.4 Å². The second kappa shape index (κ2) is 13.2. The number of likely N-dealkylation sites (N-methyl/N-ethyl adjacent to an activating group) is 1. The molecule has 0 spiro atoms. The zero-order valence-electron chi connectivity index (χ0n) is 26.4. The van der Waals surface area contributed by atoms with Crippen molar-refractivity contribution in [1.29, 1.82) is 0 Å². The molecule has 3 amide bonds. The van der Waals surface area contributed by atoms with Gasteiger partial charge in [-0.15, -0.1) is 0 Å². The second-order valence-corrected chi connectivity index (χ2v) is 12.5. The van der Waals surface area contributed by atoms with Gasteiger partial charge in [0.1, 0.15) is 0 Å². The first kappa shape index (κ1) is 30.3. The summed E-state index contributed by atoms with van der Waals surface area (Å²) in [4.78, 5) is 49.0. The quantitative estimate of drug-likeness (QED) is 0.421. The highest BCUT2D eigenvalue weighted by molar-refractivity contribution is 6.00. The average Bonchev–Trinajstić information content (AvgIpc) is 3.33. The Kier molecular flexibility index (Phi) is 8.69. The van der Waals surface area contributed by atoms with E-state index in [-0.39, 0.29) is 30.1 Å². The maximum absolute atomic E-state index is 12.8. The normalized spacial score (nSPS) is 23.3. The molecule has 1 aromatic heterocycles. The van der Waals surface area contributed by atoms with Gasteiger partial charge in [-0.3, -0.25) is 4.79 Å². The van der Waals surface area contributed by atoms with E-state index in [9.17, 15) is 9.59 Å². The fourth-order valence-electron chi connectivity index (χ4n) is 6.59. The fraction of sp³-hybridized carbons (Fsp3) is 0.485. The molecule has 2 N–H and O–H groups in total. The molecular formula is C33H41N9O4. The third-order valence-corrected chi connectivity index (χ3v) is 9.29. The largest absolute Gasteiger partial charge is 0.377 e. The predicted molar refractivity (Wildman–Crippen MR) is 175 cm³/mol. The minimum absolute atomic E-state index is 0.0124. The van der Waals surface area contributed by atoms with Crippen LogP contribution in [0.2, 0.25) is 0 Å². The van der Waals surface area contributed by atoms with Gasteiger partial charge in [-0.25, -0.2) is 4.79 Å². The van der Waals surface area contributed by atoms with Gasteiger partial charge in [-0.1, -0.05) is 0 Å². The van der Waals surface area contributed by atoms with Gasteiger partial charge >= 0.3 is 6.03 Å². The molecule has 2 unspecified atom stereocenters. The van der Waals surface area contributed by atoms with Crippen molar-refractivity contribution in [1.82, 2.24) is 24.8 Å². The summed E-state index contributed by atoms with van der Waals surface area (Å²) >= 11 is 0. The van der Waals surface area contributed by atoms with Gasteiger partial charge in [0.2, 0.25) is 11.9 Å². The molecule has 3 aromatic rings. The van der Waals surface area contributed by atoms with Crippen molar-refractivity contribution >= 4 is 35.2 Å². The standard InChI is InChI=1S/C33H41N9O4/c1-22-19-45-18-17-41(22)31-36-29(37-32(38-31)42-27-11-12-28(42)21-46-20-27)23-3-7-25(8-4-23)34-33(44)35-26-9-5-24(6-10-26)30(43)40-15-13-39(2)14-16-40/h3-10,22,27-28H,11-21H2,1-2H3,(H2,34,35,44)/t22-,27?,28?/m1/s1. The summed E-state index contributed by atoms with van der Waals surface area (Å²) in [6.45, 7) is 8.62. The SMILES string of the molecule is C[C@@H]1COCCN1c1nc(-c2ccc(NC(=O)Nc3ccc(C(=O)N4CCN(C)CC4)cc3)cc2)nc(N2C3CCC2COC3)n1. The summed E-state index contributed by atoms with van der Waals surface area (Å²) in [7, 11) is 2.06. The number of morpholine rings is 2. The molecule has 5 heterocycles. The van der Waals surface area contributed by atoms with Gasteiger partial charge in [0, 0.05) is 55.2 Å². The minimum Gasteiger partial charge on any atom is -0.377 e. The van der Waals surface area contributed by atoms with Crippen LogP contribution >= 0.6 is 0 Å². The maximum atomic E-state index is 12.8. The van der Waals surface area contributed by atoms with Crippen LogP contribution in [0.25, 0.3) is 11.4 Å². The topological polar surface area (TPSA) is 128 Å². The van der Waals surface area contributed by atoms with Gasteiger partial charge in [0.15, 0.2) is 5.82 Å². The number of nitrogens with zero attached hydrogens (tertiary/aromatic N) is 7. The number of anilines is 4. The number of ether oxygens (including phenoxy) is 2. The lowest BCUT2D eigenvalue weighted by Crippen LogP contribution is -2.48. The van der Waals surface area contributed by atoms with Crippen molar-refractivity contribution in [3.63, 3.8) is 0 Å². The van der Waals surface area contributed by atoms with Crippen LogP contribution in [0.1, 0.15) is 30.1 Å². The molecule has 0 radical (unpaired) electrons. The van der Waals surface area contributed by atoms with Crippen LogP contribution in [-0.2, 0) is 9.47 Å². The number of rotatable bonds is 6. The lowest BCUT2D eigenvalue weighted by Gasteiger charge is -2.36. The van der Waals surface area contributed by atoms with Gasteiger partial charge in [0.05, 0.1) is 44.6 Å². The summed E-state index contributed by atoms with van der Waals surface area (Å²) in [5.74, 6) is 1.94. The first-order valence-electron chi connectivity index (χ1n) is 16.1. The molecule has 0 saturated carbocycles. The van der Waals surface area contributed by atoms with E-state index in [0.29, 0.717) is 80.7 Å². The van der Waals surface area contributed by atoms with E-state index >= 15 is 0 Å². The van der Waals surface area contributed by atoms with Crippen molar-refractivity contribution in [2.75, 3.05) is 86.6 Å². The van der Waals surface area contributed by atoms with E-state index in [1.54, 1.807) is 24.3 Å². The molecule has 13 heteroatoms. The van der Waals surface area contributed by atoms with E-state index in [4.69, 9.17) is 24.4 Å². The average molecular weight is 628 g/mol. The molecule has 4 saturated heterocycles. The zero-order valence-corrected chi connectivity index (χ0v) is 26.4. The highest BCUT2D eigenvalue weighted by Crippen LogP contribution is 2.34. The van der Waals surface area contributed by atoms with Crippen molar-refractivity contribution in [2.45, 2.75) is 37.9 Å². The van der Waals surface area contributed by atoms with E-state index in [2.05, 4.69) is 39.3 Å². The number of carbonyl (C=O) groups excluding carboxylic acids is 2. The number of fused-ring (bicyclic) bond motifs is 2. The number of urea groups is 1. The Hall–Kier alpha value is -4.33. The zero-order chi connectivity index (χ0) is 31.6. The number of benzene rings is 2. The van der Waals surface area contributed by atoms with Gasteiger partial charge in [-0.2, -0.15) is 15.0 Å². The van der Waals surface area contributed by atoms with Crippen molar-refractivity contribution in [3.05, 3.63) is 54.1 Å². The third-order valence-electron chi connectivity index (χ3n) is 9.29. The molecule has 3 atom stereocenters. The lowest BCUT2D eigenvalue weighted by molar-refractivity contribution is 0.0664. The molecule has 4 fully saturated rings. The van der Waals surface area contributed by atoms with Crippen molar-refractivity contribution in [2.24, 2.45) is 0 Å². The summed E-state index contributed by atoms with van der Waals surface area (Å²) in [6.07, 6.45) is 2.13. The van der Waals surface area contributed by atoms with Crippen molar-refractivity contribution < 1.29 is 19.1 Å². The van der Waals surface area contributed by atoms with Crippen LogP contribution in [-0.4, -0.2) is 121 Å². The Morgan fingerprint density at radius 3 is 2.04 bits per heavy atom. The summed E-state index contributed by atoms with van der Waals surface area (Å²) in [5, 5.41) is 5.73. The van der Waals surface area contributed by atoms with E-state index in [0.717, 1.165) is 31.5 Å². The molecule has 2 aromatic carbocycles. The van der Waals surface area contributed by atoms with Gasteiger partial charge < -0.3 is 39.7 Å². The van der Waals surface area contributed by atoms with Crippen LogP contribution in [0, 0.1) is 0 Å². The fourth-order valence-corrected chi connectivity index (χ4v) is 6.59. The van der Waals surface area contributed by atoms with Gasteiger partial charge in [0.25, 0.3) is 5.91 Å². The number of hydrogen-bond acceptors (Lipinski definition) is 10. The van der Waals surface area contributed by atoms with E-state index in [1.165, 1.54) is 0 Å². The molecule has 4 aliphatic rings. The number of piperazine rings is 1. The number of amides is 3. The van der Waals surface area contributed by atoms with Crippen LogP contribution in [0.3, 0.4) is 0 Å². The molecule has 2 bridgehead atoms. The lowest BCUT2D eigenvalue weighted by atomic mass is 10.1. The molecule has 0 aliphatic carbocycles. The Labute approximate surface area is 268 Å². The monoisotopic (exact) mass is 627 g/mol. The Bertz CT molecular complexity index is 1530. The molecule has 242 valence electrons. The number of carbonyl (C=O) groups is 2. The Morgan fingerprint density at radius 2 is 1.39 bits per heavy atom. The summed E-state index contributed by atoms with van der Waals surface area (Å²) in [6, 6.07) is 14.8. The second-order valence-electron chi connectivity index (χ2n) is 12.5. The first-order chi connectivity index (χ1) is 22.4. The molecule has 4 aliphatic heterocycles. The van der Waals surface area contributed by atoms with Crippen LogP contribution in [0.4, 0.5) is 28.1 Å². The summed E-state index contributed by atoms with van der Waals surface area (Å²) in [5.41, 5.74) is 2.67. The molecule has 13 nitrogen and oxygen atoms in total. The third kappa shape index (κ3) is 6.48. The first-order valence-corrected chi connectivity index (χ1v) is 16.1. The Balaban J connectivity index is 1.03. The smallest absolute Gasteiger partial charge is 0.323 e. The van der Waals surface area contributed by atoms with Crippen molar-refractivity contribution in [3.8, 4) is 11.4 Å². The number of nitrogens with one attached hydrogen (secondary N) is 2. The molecule has 7 rings (SSSR count).